The van der Waals surface area contributed by atoms with Gasteiger partial charge in [-0.15, -0.1) is 0 Å². The van der Waals surface area contributed by atoms with Gasteiger partial charge in [-0.25, -0.2) is 8.78 Å². The number of hydrogen-bond donors (Lipinski definition) is 2. The zero-order valence-corrected chi connectivity index (χ0v) is 6.88. The Morgan fingerprint density at radius 1 is 1.09 bits per heavy atom. The maximum absolute atomic E-state index is 12.8. The minimum absolute atomic E-state index is 0.966. The average molecular weight is 168 g/mol. The summed E-state index contributed by atoms with van der Waals surface area (Å²) in [4.78, 5) is 0. The molecule has 0 fully saturated rings. The van der Waals surface area contributed by atoms with E-state index in [-0.39, 0.29) is 0 Å². The van der Waals surface area contributed by atoms with E-state index in [0.29, 0.717) is 0 Å². The summed E-state index contributed by atoms with van der Waals surface area (Å²) in [5.41, 5.74) is 0. The standard InChI is InChI=1S/C7H14F2O2/c1-4(2)7(8,9)6(11)5(3)10/h4-6,10-11H,1-3H3/t5?,6-/m1/s1. The van der Waals surface area contributed by atoms with Gasteiger partial charge in [0.2, 0.25) is 0 Å². The van der Waals surface area contributed by atoms with E-state index in [1.165, 1.54) is 13.8 Å². The van der Waals surface area contributed by atoms with Crippen LogP contribution in [0.25, 0.3) is 0 Å². The molecule has 68 valence electrons. The second-order valence-electron chi connectivity index (χ2n) is 3.01. The topological polar surface area (TPSA) is 40.5 Å². The molecule has 0 aromatic rings. The molecule has 0 aromatic carbocycles. The maximum atomic E-state index is 12.8. The minimum Gasteiger partial charge on any atom is -0.390 e. The second kappa shape index (κ2) is 3.45. The predicted octanol–water partition coefficient (Wildman–Crippen LogP) is 1.02. The van der Waals surface area contributed by atoms with E-state index in [9.17, 15) is 8.78 Å². The molecule has 1 unspecified atom stereocenters. The van der Waals surface area contributed by atoms with Crippen LogP contribution in [0.3, 0.4) is 0 Å². The molecule has 0 saturated heterocycles. The molecule has 0 saturated carbocycles. The van der Waals surface area contributed by atoms with Gasteiger partial charge in [-0.1, -0.05) is 13.8 Å². The lowest BCUT2D eigenvalue weighted by Gasteiger charge is -2.27. The fourth-order valence-electron chi connectivity index (χ4n) is 0.663. The Bertz CT molecular complexity index is 124. The average Bonchev–Trinajstić information content (AvgIpc) is 1.85. The SMILES string of the molecule is CC(O)[C@@H](O)C(F)(F)C(C)C. The number of hydrogen-bond acceptors (Lipinski definition) is 2. The van der Waals surface area contributed by atoms with E-state index in [1.54, 1.807) is 0 Å². The first kappa shape index (κ1) is 10.8. The van der Waals surface area contributed by atoms with Crippen molar-refractivity contribution in [3.63, 3.8) is 0 Å². The van der Waals surface area contributed by atoms with Gasteiger partial charge in [0.15, 0.2) is 0 Å². The van der Waals surface area contributed by atoms with Crippen LogP contribution in [0.15, 0.2) is 0 Å². The summed E-state index contributed by atoms with van der Waals surface area (Å²) in [5.74, 6) is -4.18. The quantitative estimate of drug-likeness (QED) is 0.660. The highest BCUT2D eigenvalue weighted by atomic mass is 19.3. The molecule has 11 heavy (non-hydrogen) atoms. The smallest absolute Gasteiger partial charge is 0.278 e. The summed E-state index contributed by atoms with van der Waals surface area (Å²) in [7, 11) is 0. The van der Waals surface area contributed by atoms with E-state index in [0.717, 1.165) is 6.92 Å². The normalized spacial score (nSPS) is 18.5. The van der Waals surface area contributed by atoms with Gasteiger partial charge in [-0.3, -0.25) is 0 Å². The molecule has 0 aliphatic heterocycles. The molecule has 0 amide bonds. The van der Waals surface area contributed by atoms with Crippen molar-refractivity contribution in [2.24, 2.45) is 5.92 Å². The van der Waals surface area contributed by atoms with Crippen LogP contribution in [0.4, 0.5) is 8.78 Å². The molecular weight excluding hydrogens is 154 g/mol. The fourth-order valence-corrected chi connectivity index (χ4v) is 0.663. The number of aliphatic hydroxyl groups is 2. The van der Waals surface area contributed by atoms with Crippen LogP contribution in [-0.4, -0.2) is 28.3 Å². The van der Waals surface area contributed by atoms with Crippen molar-refractivity contribution in [1.82, 2.24) is 0 Å². The Morgan fingerprint density at radius 3 is 1.55 bits per heavy atom. The first-order valence-corrected chi connectivity index (χ1v) is 3.54. The van der Waals surface area contributed by atoms with E-state index >= 15 is 0 Å². The van der Waals surface area contributed by atoms with E-state index in [4.69, 9.17) is 10.2 Å². The Balaban J connectivity index is 4.29. The summed E-state index contributed by atoms with van der Waals surface area (Å²) in [6, 6.07) is 0. The lowest BCUT2D eigenvalue weighted by atomic mass is 9.97. The van der Waals surface area contributed by atoms with Crippen molar-refractivity contribution in [2.75, 3.05) is 0 Å². The molecule has 0 spiro atoms. The van der Waals surface area contributed by atoms with Crippen molar-refractivity contribution in [2.45, 2.75) is 38.9 Å². The molecule has 0 aromatic heterocycles. The molecule has 0 bridgehead atoms. The largest absolute Gasteiger partial charge is 0.390 e. The van der Waals surface area contributed by atoms with Gasteiger partial charge in [0.1, 0.15) is 6.10 Å². The van der Waals surface area contributed by atoms with E-state index in [2.05, 4.69) is 0 Å². The summed E-state index contributed by atoms with van der Waals surface area (Å²) < 4.78 is 25.6. The summed E-state index contributed by atoms with van der Waals surface area (Å²) in [6.45, 7) is 3.73. The lowest BCUT2D eigenvalue weighted by Crippen LogP contribution is -2.44. The molecule has 0 rings (SSSR count). The van der Waals surface area contributed by atoms with Gasteiger partial charge in [-0.2, -0.15) is 0 Å². The van der Waals surface area contributed by atoms with Crippen molar-refractivity contribution in [3.8, 4) is 0 Å². The fraction of sp³-hybridized carbons (Fsp3) is 1.00. The molecule has 2 atom stereocenters. The molecule has 4 heteroatoms. The Kier molecular flexibility index (Phi) is 3.38. The van der Waals surface area contributed by atoms with Crippen LogP contribution in [0, 0.1) is 5.92 Å². The third-order valence-corrected chi connectivity index (χ3v) is 1.62. The lowest BCUT2D eigenvalue weighted by molar-refractivity contribution is -0.171. The van der Waals surface area contributed by atoms with Crippen LogP contribution < -0.4 is 0 Å². The molecular formula is C7H14F2O2. The van der Waals surface area contributed by atoms with E-state index in [1.807, 2.05) is 0 Å². The highest BCUT2D eigenvalue weighted by Gasteiger charge is 2.43. The number of halogens is 2. The molecule has 0 aliphatic carbocycles. The van der Waals surface area contributed by atoms with Gasteiger partial charge in [-0.05, 0) is 6.92 Å². The second-order valence-corrected chi connectivity index (χ2v) is 3.01. The summed E-state index contributed by atoms with van der Waals surface area (Å²) in [5, 5.41) is 17.5. The van der Waals surface area contributed by atoms with Crippen LogP contribution in [0.2, 0.25) is 0 Å². The maximum Gasteiger partial charge on any atom is 0.278 e. The van der Waals surface area contributed by atoms with Gasteiger partial charge < -0.3 is 10.2 Å². The van der Waals surface area contributed by atoms with Crippen LogP contribution in [0.1, 0.15) is 20.8 Å². The van der Waals surface area contributed by atoms with Crippen molar-refractivity contribution in [1.29, 1.82) is 0 Å². The molecule has 2 N–H and O–H groups in total. The molecule has 2 nitrogen and oxygen atoms in total. The molecule has 0 aliphatic rings. The van der Waals surface area contributed by atoms with Crippen LogP contribution in [-0.2, 0) is 0 Å². The Labute approximate surface area is 64.8 Å². The third-order valence-electron chi connectivity index (χ3n) is 1.62. The highest BCUT2D eigenvalue weighted by Crippen LogP contribution is 2.29. The van der Waals surface area contributed by atoms with E-state index < -0.39 is 24.0 Å². The van der Waals surface area contributed by atoms with Gasteiger partial charge in [0.25, 0.3) is 5.92 Å². The van der Waals surface area contributed by atoms with Crippen LogP contribution >= 0.6 is 0 Å². The van der Waals surface area contributed by atoms with Gasteiger partial charge >= 0.3 is 0 Å². The third kappa shape index (κ3) is 2.38. The molecule has 0 radical (unpaired) electrons. The summed E-state index contributed by atoms with van der Waals surface area (Å²) >= 11 is 0. The van der Waals surface area contributed by atoms with Gasteiger partial charge in [0, 0.05) is 5.92 Å². The van der Waals surface area contributed by atoms with Gasteiger partial charge in [0.05, 0.1) is 6.10 Å². The monoisotopic (exact) mass is 168 g/mol. The first-order valence-electron chi connectivity index (χ1n) is 3.54. The highest BCUT2D eigenvalue weighted by molar-refractivity contribution is 4.82. The van der Waals surface area contributed by atoms with Crippen molar-refractivity contribution in [3.05, 3.63) is 0 Å². The van der Waals surface area contributed by atoms with Crippen molar-refractivity contribution < 1.29 is 19.0 Å². The van der Waals surface area contributed by atoms with Crippen LogP contribution in [0.5, 0.6) is 0 Å². The Morgan fingerprint density at radius 2 is 1.45 bits per heavy atom. The van der Waals surface area contributed by atoms with Crippen molar-refractivity contribution >= 4 is 0 Å². The minimum atomic E-state index is -3.21. The number of rotatable bonds is 3. The molecule has 0 heterocycles. The predicted molar refractivity (Wildman–Crippen MR) is 37.5 cm³/mol. The number of alkyl halides is 2. The number of aliphatic hydroxyl groups excluding tert-OH is 2. The Hall–Kier alpha value is -0.220. The first-order chi connectivity index (χ1) is 4.80. The zero-order valence-electron chi connectivity index (χ0n) is 6.88. The zero-order chi connectivity index (χ0) is 9.23. The summed E-state index contributed by atoms with van der Waals surface area (Å²) in [6.07, 6.45) is -3.37.